The van der Waals surface area contributed by atoms with Crippen LogP contribution in [-0.4, -0.2) is 16.1 Å². The number of nitrogens with one attached hydrogen (secondary N) is 2. The zero-order valence-corrected chi connectivity index (χ0v) is 11.5. The highest BCUT2D eigenvalue weighted by molar-refractivity contribution is 7.10. The highest BCUT2D eigenvalue weighted by atomic mass is 32.1. The lowest BCUT2D eigenvalue weighted by Crippen LogP contribution is -2.13. The van der Waals surface area contributed by atoms with Crippen LogP contribution in [-0.2, 0) is 11.2 Å². The van der Waals surface area contributed by atoms with E-state index in [-0.39, 0.29) is 5.91 Å². The van der Waals surface area contributed by atoms with Crippen LogP contribution in [0, 0.1) is 0 Å². The normalized spacial score (nSPS) is 10.4. The van der Waals surface area contributed by atoms with Gasteiger partial charge >= 0.3 is 0 Å². The van der Waals surface area contributed by atoms with E-state index in [1.165, 1.54) is 0 Å². The van der Waals surface area contributed by atoms with Crippen molar-refractivity contribution in [1.82, 2.24) is 10.2 Å². The van der Waals surface area contributed by atoms with E-state index in [1.54, 1.807) is 11.3 Å². The average Bonchev–Trinajstić information content (AvgIpc) is 3.11. The molecule has 2 aromatic heterocycles. The van der Waals surface area contributed by atoms with Crippen LogP contribution in [0.15, 0.2) is 53.9 Å². The zero-order chi connectivity index (χ0) is 13.8. The van der Waals surface area contributed by atoms with Crippen molar-refractivity contribution in [3.63, 3.8) is 0 Å². The number of benzene rings is 1. The Morgan fingerprint density at radius 1 is 1.20 bits per heavy atom. The predicted octanol–water partition coefficient (Wildman–Crippen LogP) is 3.32. The number of nitrogens with zero attached hydrogens (tertiary/aromatic N) is 1. The third-order valence-electron chi connectivity index (χ3n) is 2.85. The number of aromatic amines is 1. The standard InChI is InChI=1S/C15H13N3OS/c19-15(9-12-7-4-8-20-12)16-14-10-13(17-18-14)11-5-2-1-3-6-11/h1-8,10H,9H2,(H2,16,17,18,19). The number of thiophene rings is 1. The molecule has 4 nitrogen and oxygen atoms in total. The summed E-state index contributed by atoms with van der Waals surface area (Å²) >= 11 is 1.57. The Morgan fingerprint density at radius 3 is 2.80 bits per heavy atom. The van der Waals surface area contributed by atoms with E-state index in [1.807, 2.05) is 53.9 Å². The Bertz CT molecular complexity index is 689. The summed E-state index contributed by atoms with van der Waals surface area (Å²) in [6.07, 6.45) is 0.380. The summed E-state index contributed by atoms with van der Waals surface area (Å²) in [5, 5.41) is 11.8. The van der Waals surface area contributed by atoms with Gasteiger partial charge in [0, 0.05) is 10.9 Å². The molecule has 2 N–H and O–H groups in total. The van der Waals surface area contributed by atoms with Crippen molar-refractivity contribution in [3.05, 3.63) is 58.8 Å². The Kier molecular flexibility index (Phi) is 3.60. The molecule has 0 fully saturated rings. The molecule has 0 atom stereocenters. The first-order chi connectivity index (χ1) is 9.81. The fourth-order valence-corrected chi connectivity index (χ4v) is 2.61. The second kappa shape index (κ2) is 5.71. The molecule has 0 aliphatic heterocycles. The van der Waals surface area contributed by atoms with Crippen molar-refractivity contribution in [3.8, 4) is 11.3 Å². The van der Waals surface area contributed by atoms with E-state index in [0.29, 0.717) is 12.2 Å². The van der Waals surface area contributed by atoms with Crippen LogP contribution < -0.4 is 5.32 Å². The van der Waals surface area contributed by atoms with Crippen molar-refractivity contribution >= 4 is 23.1 Å². The second-order valence-electron chi connectivity index (χ2n) is 4.34. The molecular formula is C15H13N3OS. The van der Waals surface area contributed by atoms with Gasteiger partial charge in [-0.3, -0.25) is 9.89 Å². The smallest absolute Gasteiger partial charge is 0.230 e. The predicted molar refractivity (Wildman–Crippen MR) is 80.7 cm³/mol. The molecule has 0 radical (unpaired) electrons. The summed E-state index contributed by atoms with van der Waals surface area (Å²) in [5.74, 6) is 0.490. The minimum absolute atomic E-state index is 0.0569. The van der Waals surface area contributed by atoms with Crippen LogP contribution >= 0.6 is 11.3 Å². The van der Waals surface area contributed by atoms with Crippen molar-refractivity contribution in [2.45, 2.75) is 6.42 Å². The van der Waals surface area contributed by atoms with Gasteiger partial charge in [-0.25, -0.2) is 0 Å². The van der Waals surface area contributed by atoms with Gasteiger partial charge in [0.25, 0.3) is 0 Å². The molecule has 3 rings (SSSR count). The zero-order valence-electron chi connectivity index (χ0n) is 10.7. The molecule has 1 amide bonds. The Morgan fingerprint density at radius 2 is 2.05 bits per heavy atom. The Labute approximate surface area is 120 Å². The van der Waals surface area contributed by atoms with Crippen LogP contribution in [0.4, 0.5) is 5.82 Å². The van der Waals surface area contributed by atoms with Crippen molar-refractivity contribution in [2.24, 2.45) is 0 Å². The van der Waals surface area contributed by atoms with Crippen molar-refractivity contribution in [1.29, 1.82) is 0 Å². The highest BCUT2D eigenvalue weighted by Crippen LogP contribution is 2.19. The summed E-state index contributed by atoms with van der Waals surface area (Å²) in [6, 6.07) is 15.6. The van der Waals surface area contributed by atoms with Gasteiger partial charge in [-0.05, 0) is 17.0 Å². The van der Waals surface area contributed by atoms with Gasteiger partial charge in [0.05, 0.1) is 12.1 Å². The largest absolute Gasteiger partial charge is 0.309 e. The van der Waals surface area contributed by atoms with E-state index >= 15 is 0 Å². The second-order valence-corrected chi connectivity index (χ2v) is 5.37. The fourth-order valence-electron chi connectivity index (χ4n) is 1.91. The number of rotatable bonds is 4. The van der Waals surface area contributed by atoms with Crippen molar-refractivity contribution < 1.29 is 4.79 Å². The summed E-state index contributed by atoms with van der Waals surface area (Å²) in [4.78, 5) is 12.9. The van der Waals surface area contributed by atoms with Crippen LogP contribution in [0.25, 0.3) is 11.3 Å². The first-order valence-electron chi connectivity index (χ1n) is 6.24. The van der Waals surface area contributed by atoms with E-state index in [9.17, 15) is 4.79 Å². The molecule has 0 saturated heterocycles. The Hall–Kier alpha value is -2.40. The minimum Gasteiger partial charge on any atom is -0.309 e. The summed E-state index contributed by atoms with van der Waals surface area (Å²) in [5.41, 5.74) is 1.93. The van der Waals surface area contributed by atoms with E-state index in [0.717, 1.165) is 16.1 Å². The van der Waals surface area contributed by atoms with E-state index in [2.05, 4.69) is 15.5 Å². The molecule has 1 aromatic carbocycles. The molecule has 0 aliphatic rings. The molecule has 0 spiro atoms. The number of anilines is 1. The molecule has 0 bridgehead atoms. The fraction of sp³-hybridized carbons (Fsp3) is 0.0667. The maximum absolute atomic E-state index is 11.9. The lowest BCUT2D eigenvalue weighted by Gasteiger charge is -1.99. The number of amides is 1. The third-order valence-corrected chi connectivity index (χ3v) is 3.72. The van der Waals surface area contributed by atoms with Crippen LogP contribution in [0.1, 0.15) is 4.88 Å². The number of hydrogen-bond donors (Lipinski definition) is 2. The molecule has 0 aliphatic carbocycles. The minimum atomic E-state index is -0.0569. The summed E-state index contributed by atoms with van der Waals surface area (Å²) < 4.78 is 0. The van der Waals surface area contributed by atoms with Gasteiger partial charge in [-0.2, -0.15) is 5.10 Å². The molecule has 5 heteroatoms. The van der Waals surface area contributed by atoms with Crippen LogP contribution in [0.5, 0.6) is 0 Å². The number of aromatic nitrogens is 2. The van der Waals surface area contributed by atoms with Gasteiger partial charge < -0.3 is 5.32 Å². The average molecular weight is 283 g/mol. The summed E-state index contributed by atoms with van der Waals surface area (Å²) in [6.45, 7) is 0. The van der Waals surface area contributed by atoms with E-state index in [4.69, 9.17) is 0 Å². The van der Waals surface area contributed by atoms with Crippen molar-refractivity contribution in [2.75, 3.05) is 5.32 Å². The topological polar surface area (TPSA) is 57.8 Å². The van der Waals surface area contributed by atoms with Gasteiger partial charge in [-0.15, -0.1) is 11.3 Å². The molecule has 0 saturated carbocycles. The lowest BCUT2D eigenvalue weighted by molar-refractivity contribution is -0.115. The molecule has 20 heavy (non-hydrogen) atoms. The lowest BCUT2D eigenvalue weighted by atomic mass is 10.1. The maximum Gasteiger partial charge on any atom is 0.230 e. The Balaban J connectivity index is 1.67. The molecule has 0 unspecified atom stereocenters. The van der Waals surface area contributed by atoms with E-state index < -0.39 is 0 Å². The monoisotopic (exact) mass is 283 g/mol. The highest BCUT2D eigenvalue weighted by Gasteiger charge is 2.08. The quantitative estimate of drug-likeness (QED) is 0.771. The molecular weight excluding hydrogens is 270 g/mol. The SMILES string of the molecule is O=C(Cc1cccs1)Nc1cc(-c2ccccc2)[nH]n1. The first-order valence-corrected chi connectivity index (χ1v) is 7.12. The molecule has 2 heterocycles. The number of carbonyl (C=O) groups excluding carboxylic acids is 1. The molecule has 100 valence electrons. The first kappa shape index (κ1) is 12.6. The van der Waals surface area contributed by atoms with Gasteiger partial charge in [0.15, 0.2) is 5.82 Å². The van der Waals surface area contributed by atoms with Crippen LogP contribution in [0.2, 0.25) is 0 Å². The van der Waals surface area contributed by atoms with Gasteiger partial charge in [-0.1, -0.05) is 36.4 Å². The molecule has 3 aromatic rings. The van der Waals surface area contributed by atoms with Gasteiger partial charge in [0.1, 0.15) is 0 Å². The maximum atomic E-state index is 11.9. The number of H-pyrrole nitrogens is 1. The third kappa shape index (κ3) is 2.95. The number of carbonyl (C=O) groups is 1. The number of hydrogen-bond acceptors (Lipinski definition) is 3. The van der Waals surface area contributed by atoms with Gasteiger partial charge in [0.2, 0.25) is 5.91 Å². The summed E-state index contributed by atoms with van der Waals surface area (Å²) in [7, 11) is 0. The van der Waals surface area contributed by atoms with Crippen LogP contribution in [0.3, 0.4) is 0 Å².